The molecule has 0 bridgehead atoms. The second kappa shape index (κ2) is 5.39. The van der Waals surface area contributed by atoms with Gasteiger partial charge in [-0.2, -0.15) is 0 Å². The van der Waals surface area contributed by atoms with E-state index in [9.17, 15) is 4.79 Å². The summed E-state index contributed by atoms with van der Waals surface area (Å²) in [5, 5.41) is 2.76. The minimum Gasteiger partial charge on any atom is -0.349 e. The lowest BCUT2D eigenvalue weighted by molar-refractivity contribution is -0.122. The maximum Gasteiger partial charge on any atom is 0.220 e. The number of aromatic amines is 1. The van der Waals surface area contributed by atoms with Crippen LogP contribution in [0.2, 0.25) is 0 Å². The zero-order valence-electron chi connectivity index (χ0n) is 8.29. The maximum absolute atomic E-state index is 11.3. The number of nitrogens with zero attached hydrogens (tertiary/aromatic N) is 1. The van der Waals surface area contributed by atoms with E-state index < -0.39 is 0 Å². The SMILES string of the molecule is CC(CN)CC(=O)NCc1ncc[nH]1. The Hall–Kier alpha value is -1.36. The van der Waals surface area contributed by atoms with Crippen LogP contribution in [0.5, 0.6) is 0 Å². The number of amides is 1. The van der Waals surface area contributed by atoms with Gasteiger partial charge in [0.15, 0.2) is 0 Å². The summed E-state index contributed by atoms with van der Waals surface area (Å²) in [4.78, 5) is 18.2. The number of imidazole rings is 1. The first-order chi connectivity index (χ1) is 6.72. The van der Waals surface area contributed by atoms with Gasteiger partial charge >= 0.3 is 0 Å². The number of nitrogens with two attached hydrogens (primary N) is 1. The number of nitrogens with one attached hydrogen (secondary N) is 2. The molecule has 0 aliphatic rings. The first-order valence-corrected chi connectivity index (χ1v) is 4.67. The van der Waals surface area contributed by atoms with Crippen molar-refractivity contribution >= 4 is 5.91 Å². The largest absolute Gasteiger partial charge is 0.349 e. The predicted octanol–water partition coefficient (Wildman–Crippen LogP) is 0.0108. The molecule has 0 spiro atoms. The van der Waals surface area contributed by atoms with Crippen molar-refractivity contribution in [2.45, 2.75) is 19.9 Å². The molecule has 1 aromatic heterocycles. The average molecular weight is 196 g/mol. The van der Waals surface area contributed by atoms with Gasteiger partial charge in [-0.25, -0.2) is 4.98 Å². The lowest BCUT2D eigenvalue weighted by atomic mass is 10.1. The highest BCUT2D eigenvalue weighted by molar-refractivity contribution is 5.75. The van der Waals surface area contributed by atoms with Gasteiger partial charge in [-0.05, 0) is 12.5 Å². The Bertz CT molecular complexity index is 270. The summed E-state index contributed by atoms with van der Waals surface area (Å²) >= 11 is 0. The van der Waals surface area contributed by atoms with Crippen LogP contribution < -0.4 is 11.1 Å². The molecule has 1 unspecified atom stereocenters. The molecule has 1 atom stereocenters. The Balaban J connectivity index is 2.22. The third-order valence-electron chi connectivity index (χ3n) is 1.94. The number of H-pyrrole nitrogens is 1. The van der Waals surface area contributed by atoms with Crippen molar-refractivity contribution in [3.63, 3.8) is 0 Å². The molecular weight excluding hydrogens is 180 g/mol. The maximum atomic E-state index is 11.3. The van der Waals surface area contributed by atoms with Crippen LogP contribution in [0.3, 0.4) is 0 Å². The van der Waals surface area contributed by atoms with E-state index >= 15 is 0 Å². The van der Waals surface area contributed by atoms with Gasteiger partial charge in [-0.1, -0.05) is 6.92 Å². The molecule has 78 valence electrons. The number of aromatic nitrogens is 2. The van der Waals surface area contributed by atoms with Crippen molar-refractivity contribution in [3.05, 3.63) is 18.2 Å². The molecule has 1 amide bonds. The highest BCUT2D eigenvalue weighted by Gasteiger charge is 2.07. The van der Waals surface area contributed by atoms with E-state index in [0.29, 0.717) is 19.5 Å². The molecule has 4 N–H and O–H groups in total. The minimum atomic E-state index is 0.0133. The standard InChI is InChI=1S/C9H16N4O/c1-7(5-10)4-9(14)13-6-8-11-2-3-12-8/h2-3,7H,4-6,10H2,1H3,(H,11,12)(H,13,14). The van der Waals surface area contributed by atoms with Crippen molar-refractivity contribution in [1.29, 1.82) is 0 Å². The van der Waals surface area contributed by atoms with E-state index in [0.717, 1.165) is 5.82 Å². The third-order valence-corrected chi connectivity index (χ3v) is 1.94. The van der Waals surface area contributed by atoms with Crippen molar-refractivity contribution in [2.24, 2.45) is 11.7 Å². The highest BCUT2D eigenvalue weighted by atomic mass is 16.1. The number of hydrogen-bond acceptors (Lipinski definition) is 3. The summed E-state index contributed by atoms with van der Waals surface area (Å²) in [6.07, 6.45) is 3.85. The van der Waals surface area contributed by atoms with Crippen LogP contribution >= 0.6 is 0 Å². The molecule has 14 heavy (non-hydrogen) atoms. The van der Waals surface area contributed by atoms with Gasteiger partial charge in [0.1, 0.15) is 5.82 Å². The Labute approximate surface area is 83.1 Å². The molecule has 0 saturated carbocycles. The van der Waals surface area contributed by atoms with Crippen LogP contribution in [-0.4, -0.2) is 22.4 Å². The van der Waals surface area contributed by atoms with Gasteiger partial charge in [-0.3, -0.25) is 4.79 Å². The smallest absolute Gasteiger partial charge is 0.220 e. The monoisotopic (exact) mass is 196 g/mol. The lowest BCUT2D eigenvalue weighted by Crippen LogP contribution is -2.27. The zero-order chi connectivity index (χ0) is 10.4. The molecule has 0 aliphatic heterocycles. The van der Waals surface area contributed by atoms with Gasteiger partial charge < -0.3 is 16.0 Å². The Morgan fingerprint density at radius 1 is 1.79 bits per heavy atom. The first kappa shape index (κ1) is 10.7. The number of carbonyl (C=O) groups excluding carboxylic acids is 1. The molecule has 0 saturated heterocycles. The van der Waals surface area contributed by atoms with E-state index in [4.69, 9.17) is 5.73 Å². The molecule has 5 nitrogen and oxygen atoms in total. The fourth-order valence-corrected chi connectivity index (χ4v) is 1.05. The van der Waals surface area contributed by atoms with Gasteiger partial charge in [0.05, 0.1) is 6.54 Å². The summed E-state index contributed by atoms with van der Waals surface area (Å²) in [7, 11) is 0. The van der Waals surface area contributed by atoms with E-state index in [1.807, 2.05) is 6.92 Å². The number of hydrogen-bond donors (Lipinski definition) is 3. The molecule has 0 aliphatic carbocycles. The molecule has 1 rings (SSSR count). The van der Waals surface area contributed by atoms with E-state index in [1.165, 1.54) is 0 Å². The second-order valence-electron chi connectivity index (χ2n) is 3.36. The molecule has 1 aromatic rings. The van der Waals surface area contributed by atoms with Crippen LogP contribution in [0.25, 0.3) is 0 Å². The molecule has 0 fully saturated rings. The molecule has 0 aromatic carbocycles. The fraction of sp³-hybridized carbons (Fsp3) is 0.556. The first-order valence-electron chi connectivity index (χ1n) is 4.67. The molecule has 0 radical (unpaired) electrons. The van der Waals surface area contributed by atoms with E-state index in [-0.39, 0.29) is 11.8 Å². The Kier molecular flexibility index (Phi) is 4.12. The van der Waals surface area contributed by atoms with Crippen LogP contribution in [-0.2, 0) is 11.3 Å². The fourth-order valence-electron chi connectivity index (χ4n) is 1.05. The number of rotatable bonds is 5. The van der Waals surface area contributed by atoms with Gasteiger partial charge in [0.2, 0.25) is 5.91 Å². The van der Waals surface area contributed by atoms with Crippen LogP contribution in [0.15, 0.2) is 12.4 Å². The highest BCUT2D eigenvalue weighted by Crippen LogP contribution is 1.98. The third kappa shape index (κ3) is 3.57. The number of carbonyl (C=O) groups is 1. The summed E-state index contributed by atoms with van der Waals surface area (Å²) in [5.74, 6) is 1.00. The molecular formula is C9H16N4O. The molecule has 1 heterocycles. The summed E-state index contributed by atoms with van der Waals surface area (Å²) < 4.78 is 0. The summed E-state index contributed by atoms with van der Waals surface area (Å²) in [5.41, 5.74) is 5.41. The summed E-state index contributed by atoms with van der Waals surface area (Å²) in [6, 6.07) is 0. The molecule has 5 heteroatoms. The van der Waals surface area contributed by atoms with Gasteiger partial charge in [-0.15, -0.1) is 0 Å². The second-order valence-corrected chi connectivity index (χ2v) is 3.36. The van der Waals surface area contributed by atoms with Crippen LogP contribution in [0.1, 0.15) is 19.2 Å². The van der Waals surface area contributed by atoms with E-state index in [1.54, 1.807) is 12.4 Å². The van der Waals surface area contributed by atoms with E-state index in [2.05, 4.69) is 15.3 Å². The van der Waals surface area contributed by atoms with Crippen LogP contribution in [0, 0.1) is 5.92 Å². The predicted molar refractivity (Wildman–Crippen MR) is 53.3 cm³/mol. The van der Waals surface area contributed by atoms with Crippen molar-refractivity contribution < 1.29 is 4.79 Å². The topological polar surface area (TPSA) is 83.8 Å². The quantitative estimate of drug-likeness (QED) is 0.620. The van der Waals surface area contributed by atoms with Crippen molar-refractivity contribution in [3.8, 4) is 0 Å². The Morgan fingerprint density at radius 2 is 2.57 bits per heavy atom. The lowest BCUT2D eigenvalue weighted by Gasteiger charge is -2.07. The Morgan fingerprint density at radius 3 is 3.14 bits per heavy atom. The van der Waals surface area contributed by atoms with Gasteiger partial charge in [0, 0.05) is 18.8 Å². The summed E-state index contributed by atoms with van der Waals surface area (Å²) in [6.45, 7) is 2.93. The average Bonchev–Trinajstić information content (AvgIpc) is 2.67. The van der Waals surface area contributed by atoms with Crippen molar-refractivity contribution in [2.75, 3.05) is 6.54 Å². The normalized spacial score (nSPS) is 12.4. The zero-order valence-corrected chi connectivity index (χ0v) is 8.29. The van der Waals surface area contributed by atoms with Crippen LogP contribution in [0.4, 0.5) is 0 Å². The minimum absolute atomic E-state index is 0.0133. The van der Waals surface area contributed by atoms with Gasteiger partial charge in [0.25, 0.3) is 0 Å². The van der Waals surface area contributed by atoms with Crippen molar-refractivity contribution in [1.82, 2.24) is 15.3 Å².